The van der Waals surface area contributed by atoms with Gasteiger partial charge in [-0.05, 0) is 69.1 Å². The fraction of sp³-hybridized carbons (Fsp3) is 0.696. The van der Waals surface area contributed by atoms with Gasteiger partial charge < -0.3 is 25.2 Å². The molecule has 30 heavy (non-hydrogen) atoms. The molecule has 0 spiro atoms. The van der Waals surface area contributed by atoms with Gasteiger partial charge in [-0.3, -0.25) is 4.79 Å². The highest BCUT2D eigenvalue weighted by Gasteiger charge is 2.41. The van der Waals surface area contributed by atoms with Crippen molar-refractivity contribution in [1.29, 1.82) is 0 Å². The van der Waals surface area contributed by atoms with Crippen molar-refractivity contribution in [2.75, 3.05) is 0 Å². The molecular formula is C23H35ClO6. The van der Waals surface area contributed by atoms with Gasteiger partial charge in [-0.15, -0.1) is 0 Å². The van der Waals surface area contributed by atoms with Crippen LogP contribution in [0.1, 0.15) is 64.7 Å². The van der Waals surface area contributed by atoms with Crippen LogP contribution in [0.25, 0.3) is 0 Å². The summed E-state index contributed by atoms with van der Waals surface area (Å²) in [4.78, 5) is 10.6. The Morgan fingerprint density at radius 3 is 2.47 bits per heavy atom. The number of rotatable bonds is 13. The lowest BCUT2D eigenvalue weighted by molar-refractivity contribution is -0.137. The van der Waals surface area contributed by atoms with Crippen molar-refractivity contribution in [3.8, 4) is 5.75 Å². The van der Waals surface area contributed by atoms with Crippen LogP contribution in [-0.4, -0.2) is 50.8 Å². The van der Waals surface area contributed by atoms with E-state index < -0.39 is 30.4 Å². The minimum absolute atomic E-state index is 0.0100. The fourth-order valence-electron chi connectivity index (χ4n) is 4.42. The van der Waals surface area contributed by atoms with Gasteiger partial charge in [0.15, 0.2) is 0 Å². The second-order valence-electron chi connectivity index (χ2n) is 8.47. The van der Waals surface area contributed by atoms with E-state index in [1.54, 1.807) is 31.2 Å². The molecule has 0 aromatic heterocycles. The average Bonchev–Trinajstić information content (AvgIpc) is 2.94. The molecule has 4 unspecified atom stereocenters. The van der Waals surface area contributed by atoms with Gasteiger partial charge in [0, 0.05) is 11.4 Å². The van der Waals surface area contributed by atoms with Gasteiger partial charge in [-0.2, -0.15) is 0 Å². The maximum absolute atomic E-state index is 10.6. The van der Waals surface area contributed by atoms with E-state index in [1.807, 2.05) is 0 Å². The second-order valence-corrected chi connectivity index (χ2v) is 8.91. The van der Waals surface area contributed by atoms with Crippen LogP contribution in [-0.2, 0) is 4.79 Å². The van der Waals surface area contributed by atoms with Gasteiger partial charge in [0.25, 0.3) is 0 Å². The summed E-state index contributed by atoms with van der Waals surface area (Å²) in [7, 11) is 0. The molecule has 6 atom stereocenters. The standard InChI is InChI=1S/C23H35ClO6/c1-15(30-17-8-6-7-16(24)13-17)20(25)12-11-19-18(21(26)14-22(19)27)9-4-2-3-5-10-23(28)29/h6-8,13,15,18-22,25-27H,2-5,9-12,14H2,1H3,(H,28,29)/t15?,18-,19?,20?,21+,22?/m1/s1. The number of hydrogen-bond donors (Lipinski definition) is 4. The third-order valence-corrected chi connectivity index (χ3v) is 6.39. The van der Waals surface area contributed by atoms with E-state index in [-0.39, 0.29) is 18.3 Å². The topological polar surface area (TPSA) is 107 Å². The lowest BCUT2D eigenvalue weighted by Crippen LogP contribution is -2.31. The van der Waals surface area contributed by atoms with Gasteiger partial charge in [-0.25, -0.2) is 0 Å². The van der Waals surface area contributed by atoms with Crippen molar-refractivity contribution >= 4 is 17.6 Å². The lowest BCUT2D eigenvalue weighted by atomic mass is 9.84. The summed E-state index contributed by atoms with van der Waals surface area (Å²) >= 11 is 5.96. The lowest BCUT2D eigenvalue weighted by Gasteiger charge is -2.26. The van der Waals surface area contributed by atoms with Crippen LogP contribution in [0.5, 0.6) is 5.75 Å². The first-order chi connectivity index (χ1) is 14.3. The molecule has 1 fully saturated rings. The number of carboxylic acid groups (broad SMARTS) is 1. The number of unbranched alkanes of at least 4 members (excludes halogenated alkanes) is 3. The molecule has 4 N–H and O–H groups in total. The van der Waals surface area contributed by atoms with E-state index >= 15 is 0 Å². The average molecular weight is 443 g/mol. The molecule has 1 aromatic rings. The van der Waals surface area contributed by atoms with Crippen LogP contribution in [0.4, 0.5) is 0 Å². The molecule has 1 aromatic carbocycles. The number of aliphatic hydroxyl groups is 3. The normalized spacial score (nSPS) is 25.8. The molecule has 1 saturated carbocycles. The van der Waals surface area contributed by atoms with E-state index in [2.05, 4.69) is 0 Å². The van der Waals surface area contributed by atoms with Crippen LogP contribution < -0.4 is 4.74 Å². The van der Waals surface area contributed by atoms with E-state index in [9.17, 15) is 20.1 Å². The van der Waals surface area contributed by atoms with Crippen molar-refractivity contribution in [1.82, 2.24) is 0 Å². The zero-order valence-electron chi connectivity index (χ0n) is 17.6. The summed E-state index contributed by atoms with van der Waals surface area (Å²) < 4.78 is 5.78. The fourth-order valence-corrected chi connectivity index (χ4v) is 4.60. The molecule has 0 saturated heterocycles. The molecule has 170 valence electrons. The first kappa shape index (κ1) is 24.9. The number of aliphatic hydroxyl groups excluding tert-OH is 3. The van der Waals surface area contributed by atoms with E-state index in [0.29, 0.717) is 36.5 Å². The Balaban J connectivity index is 1.77. The number of carbonyl (C=O) groups is 1. The summed E-state index contributed by atoms with van der Waals surface area (Å²) in [6.07, 6.45) is 3.64. The predicted octanol–water partition coefficient (Wildman–Crippen LogP) is 4.03. The largest absolute Gasteiger partial charge is 0.488 e. The van der Waals surface area contributed by atoms with E-state index in [1.165, 1.54) is 0 Å². The van der Waals surface area contributed by atoms with Crippen LogP contribution in [0.15, 0.2) is 24.3 Å². The number of halogens is 1. The summed E-state index contributed by atoms with van der Waals surface area (Å²) in [5.41, 5.74) is 0. The molecule has 2 rings (SSSR count). The Morgan fingerprint density at radius 1 is 1.13 bits per heavy atom. The molecule has 0 bridgehead atoms. The van der Waals surface area contributed by atoms with Gasteiger partial charge in [0.05, 0.1) is 18.3 Å². The van der Waals surface area contributed by atoms with Crippen molar-refractivity contribution in [3.05, 3.63) is 29.3 Å². The van der Waals surface area contributed by atoms with Crippen molar-refractivity contribution in [3.63, 3.8) is 0 Å². The van der Waals surface area contributed by atoms with Gasteiger partial charge >= 0.3 is 5.97 Å². The Hall–Kier alpha value is -1.34. The summed E-state index contributed by atoms with van der Waals surface area (Å²) in [6, 6.07) is 7.04. The monoisotopic (exact) mass is 442 g/mol. The van der Waals surface area contributed by atoms with Crippen LogP contribution in [0.3, 0.4) is 0 Å². The van der Waals surface area contributed by atoms with E-state index in [4.69, 9.17) is 21.4 Å². The highest BCUT2D eigenvalue weighted by atomic mass is 35.5. The minimum atomic E-state index is -0.767. The minimum Gasteiger partial charge on any atom is -0.488 e. The Labute approximate surface area is 183 Å². The molecule has 0 aliphatic heterocycles. The summed E-state index contributed by atoms with van der Waals surface area (Å²) in [6.45, 7) is 1.81. The first-order valence-corrected chi connectivity index (χ1v) is 11.3. The number of ether oxygens (including phenoxy) is 1. The van der Waals surface area contributed by atoms with Crippen molar-refractivity contribution in [2.24, 2.45) is 11.8 Å². The maximum atomic E-state index is 10.6. The van der Waals surface area contributed by atoms with Crippen molar-refractivity contribution < 1.29 is 30.0 Å². The molecule has 0 amide bonds. The molecule has 0 heterocycles. The second kappa shape index (κ2) is 12.5. The number of benzene rings is 1. The van der Waals surface area contributed by atoms with Crippen LogP contribution in [0.2, 0.25) is 5.02 Å². The maximum Gasteiger partial charge on any atom is 0.303 e. The highest BCUT2D eigenvalue weighted by Crippen LogP contribution is 2.39. The van der Waals surface area contributed by atoms with Gasteiger partial charge in [0.1, 0.15) is 11.9 Å². The SMILES string of the molecule is CC(Oc1cccc(Cl)c1)C(O)CCC1C(O)C[C@H](O)[C@@H]1CCCCCCC(=O)O. The highest BCUT2D eigenvalue weighted by molar-refractivity contribution is 6.30. The van der Waals surface area contributed by atoms with Gasteiger partial charge in [0.2, 0.25) is 0 Å². The first-order valence-electron chi connectivity index (χ1n) is 11.0. The zero-order chi connectivity index (χ0) is 22.1. The number of aliphatic carboxylic acids is 1. The summed E-state index contributed by atoms with van der Waals surface area (Å²) in [5.74, 6) is -0.203. The van der Waals surface area contributed by atoms with Gasteiger partial charge in [-0.1, -0.05) is 36.9 Å². The molecule has 6 nitrogen and oxygen atoms in total. The molecule has 1 aliphatic rings. The molecule has 7 heteroatoms. The smallest absolute Gasteiger partial charge is 0.303 e. The number of carboxylic acids is 1. The molecular weight excluding hydrogens is 408 g/mol. The summed E-state index contributed by atoms with van der Waals surface area (Å²) in [5, 5.41) is 40.5. The quantitative estimate of drug-likeness (QED) is 0.343. The Bertz CT molecular complexity index is 654. The molecule has 1 aliphatic carbocycles. The van der Waals surface area contributed by atoms with Crippen LogP contribution in [0, 0.1) is 11.8 Å². The third kappa shape index (κ3) is 8.06. The molecule has 0 radical (unpaired) electrons. The Morgan fingerprint density at radius 2 is 1.80 bits per heavy atom. The van der Waals surface area contributed by atoms with Crippen LogP contribution >= 0.6 is 11.6 Å². The third-order valence-electron chi connectivity index (χ3n) is 6.16. The zero-order valence-corrected chi connectivity index (χ0v) is 18.4. The van der Waals surface area contributed by atoms with E-state index in [0.717, 1.165) is 25.7 Å². The Kier molecular flexibility index (Phi) is 10.4. The predicted molar refractivity (Wildman–Crippen MR) is 116 cm³/mol. The van der Waals surface area contributed by atoms with Crippen molar-refractivity contribution in [2.45, 2.75) is 89.1 Å². The number of hydrogen-bond acceptors (Lipinski definition) is 5.